The van der Waals surface area contributed by atoms with E-state index in [0.29, 0.717) is 47.7 Å². The molecule has 2 fully saturated rings. The second kappa shape index (κ2) is 13.7. The third kappa shape index (κ3) is 8.42. The van der Waals surface area contributed by atoms with Crippen molar-refractivity contribution in [2.75, 3.05) is 56.9 Å². The SMILES string of the molecule is CN1CC(N2CCN(OC(=O)Nc3cc(Oc4ccc(NC(=S)NC(=O)Cc5ccc(F)cc5)cc4)ccn3)CC2)C1. The van der Waals surface area contributed by atoms with Crippen LogP contribution in [0.2, 0.25) is 0 Å². The van der Waals surface area contributed by atoms with Crippen molar-refractivity contribution in [2.24, 2.45) is 0 Å². The van der Waals surface area contributed by atoms with Gasteiger partial charge in [-0.05, 0) is 67.3 Å². The van der Waals surface area contributed by atoms with Gasteiger partial charge in [0.25, 0.3) is 0 Å². The summed E-state index contributed by atoms with van der Waals surface area (Å²) < 4.78 is 18.9. The second-order valence-corrected chi connectivity index (χ2v) is 10.6. The number of rotatable bonds is 8. The number of thiocarbonyl (C=S) groups is 1. The van der Waals surface area contributed by atoms with Crippen LogP contribution in [0.3, 0.4) is 0 Å². The molecule has 42 heavy (non-hydrogen) atoms. The predicted octanol–water partition coefficient (Wildman–Crippen LogP) is 3.46. The van der Waals surface area contributed by atoms with E-state index in [2.05, 4.69) is 37.8 Å². The molecule has 3 N–H and O–H groups in total. The standard InChI is InChI=1S/C29H32FN7O4S/c1-35-18-23(19-35)36-12-14-37(15-13-36)41-29(39)33-26-17-25(10-11-31-26)40-24-8-6-22(7-9-24)32-28(42)34-27(38)16-20-2-4-21(30)5-3-20/h2-11,17,23H,12-16,18-19H2,1H3,(H,31,33,39)(H2,32,34,38,42). The van der Waals surface area contributed by atoms with Gasteiger partial charge in [0.1, 0.15) is 23.1 Å². The average Bonchev–Trinajstić information content (AvgIpc) is 2.94. The number of aromatic nitrogens is 1. The summed E-state index contributed by atoms with van der Waals surface area (Å²) in [6.45, 7) is 5.20. The lowest BCUT2D eigenvalue weighted by molar-refractivity contribution is -0.128. The molecule has 0 saturated carbocycles. The van der Waals surface area contributed by atoms with Crippen LogP contribution >= 0.6 is 12.2 Å². The van der Waals surface area contributed by atoms with Gasteiger partial charge in [0, 0.05) is 63.3 Å². The number of likely N-dealkylation sites (N-methyl/N-ethyl adjacent to an activating group) is 1. The maximum Gasteiger partial charge on any atom is 0.431 e. The molecule has 2 aromatic carbocycles. The second-order valence-electron chi connectivity index (χ2n) is 10.2. The number of nitrogens with zero attached hydrogens (tertiary/aromatic N) is 4. The van der Waals surface area contributed by atoms with Crippen molar-refractivity contribution in [1.82, 2.24) is 25.2 Å². The molecule has 5 rings (SSSR count). The smallest absolute Gasteiger partial charge is 0.431 e. The van der Waals surface area contributed by atoms with Gasteiger partial charge in [0.15, 0.2) is 5.11 Å². The van der Waals surface area contributed by atoms with Crippen molar-refractivity contribution < 1.29 is 23.6 Å². The topological polar surface area (TPSA) is 111 Å². The first-order chi connectivity index (χ1) is 20.3. The molecular weight excluding hydrogens is 561 g/mol. The van der Waals surface area contributed by atoms with Crippen molar-refractivity contribution in [3.63, 3.8) is 0 Å². The quantitative estimate of drug-likeness (QED) is 0.336. The van der Waals surface area contributed by atoms with Crippen molar-refractivity contribution in [3.8, 4) is 11.5 Å². The summed E-state index contributed by atoms with van der Waals surface area (Å²) in [5.74, 6) is 0.645. The maximum absolute atomic E-state index is 13.0. The van der Waals surface area contributed by atoms with Crippen molar-refractivity contribution in [3.05, 3.63) is 78.2 Å². The number of hydroxylamine groups is 2. The number of amides is 2. The molecule has 3 aromatic rings. The number of anilines is 2. The molecule has 0 atom stereocenters. The number of likely N-dealkylation sites (tertiary alicyclic amines) is 1. The highest BCUT2D eigenvalue weighted by Crippen LogP contribution is 2.24. The van der Waals surface area contributed by atoms with Crippen LogP contribution in [-0.4, -0.2) is 89.3 Å². The number of pyridine rings is 1. The maximum atomic E-state index is 13.0. The van der Waals surface area contributed by atoms with E-state index in [1.54, 1.807) is 53.6 Å². The van der Waals surface area contributed by atoms with Crippen LogP contribution in [0.5, 0.6) is 11.5 Å². The Balaban J connectivity index is 1.04. The highest BCUT2D eigenvalue weighted by molar-refractivity contribution is 7.80. The zero-order chi connectivity index (χ0) is 29.5. The summed E-state index contributed by atoms with van der Waals surface area (Å²) in [6, 6.07) is 16.5. The molecule has 0 aliphatic carbocycles. The zero-order valence-electron chi connectivity index (χ0n) is 23.1. The number of hydrogen-bond donors (Lipinski definition) is 3. The van der Waals surface area contributed by atoms with E-state index in [9.17, 15) is 14.0 Å². The van der Waals surface area contributed by atoms with E-state index in [-0.39, 0.29) is 23.3 Å². The molecule has 2 aliphatic rings. The van der Waals surface area contributed by atoms with Gasteiger partial charge < -0.3 is 25.1 Å². The summed E-state index contributed by atoms with van der Waals surface area (Å²) in [4.78, 5) is 39.0. The first-order valence-electron chi connectivity index (χ1n) is 13.5. The van der Waals surface area contributed by atoms with Gasteiger partial charge in [0.2, 0.25) is 5.91 Å². The van der Waals surface area contributed by atoms with Gasteiger partial charge in [-0.1, -0.05) is 12.1 Å². The molecule has 2 aliphatic heterocycles. The van der Waals surface area contributed by atoms with E-state index >= 15 is 0 Å². The van der Waals surface area contributed by atoms with Gasteiger partial charge in [-0.25, -0.2) is 14.2 Å². The van der Waals surface area contributed by atoms with E-state index in [0.717, 1.165) is 26.2 Å². The van der Waals surface area contributed by atoms with E-state index in [1.807, 2.05) is 0 Å². The Hall–Kier alpha value is -4.17. The zero-order valence-corrected chi connectivity index (χ0v) is 23.9. The summed E-state index contributed by atoms with van der Waals surface area (Å²) >= 11 is 5.22. The highest BCUT2D eigenvalue weighted by atomic mass is 32.1. The average molecular weight is 594 g/mol. The van der Waals surface area contributed by atoms with Crippen molar-refractivity contribution in [1.29, 1.82) is 0 Å². The summed E-state index contributed by atoms with van der Waals surface area (Å²) in [5.41, 5.74) is 1.32. The number of ether oxygens (including phenoxy) is 1. The van der Waals surface area contributed by atoms with Gasteiger partial charge in [-0.3, -0.25) is 15.0 Å². The monoisotopic (exact) mass is 593 g/mol. The molecule has 11 nitrogen and oxygen atoms in total. The number of hydrogen-bond acceptors (Lipinski definition) is 9. The van der Waals surface area contributed by atoms with Gasteiger partial charge in [-0.2, -0.15) is 0 Å². The molecule has 2 amide bonds. The number of carbonyl (C=O) groups is 2. The lowest BCUT2D eigenvalue weighted by Gasteiger charge is -2.46. The number of benzene rings is 2. The normalized spacial score (nSPS) is 16.2. The lowest BCUT2D eigenvalue weighted by Crippen LogP contribution is -2.61. The third-order valence-electron chi connectivity index (χ3n) is 6.89. The summed E-state index contributed by atoms with van der Waals surface area (Å²) in [6.07, 6.45) is 1.00. The Morgan fingerprint density at radius 1 is 0.976 bits per heavy atom. The van der Waals surface area contributed by atoms with Crippen LogP contribution in [0.4, 0.5) is 20.7 Å². The molecule has 13 heteroatoms. The minimum Gasteiger partial charge on any atom is -0.457 e. The molecule has 2 saturated heterocycles. The number of carbonyl (C=O) groups excluding carboxylic acids is 2. The van der Waals surface area contributed by atoms with Crippen molar-refractivity contribution in [2.45, 2.75) is 12.5 Å². The molecule has 1 aromatic heterocycles. The van der Waals surface area contributed by atoms with E-state index in [1.165, 1.54) is 18.3 Å². The van der Waals surface area contributed by atoms with Crippen LogP contribution in [0, 0.1) is 5.82 Å². The Bertz CT molecular complexity index is 1400. The fourth-order valence-electron chi connectivity index (χ4n) is 4.71. The number of nitrogens with one attached hydrogen (secondary N) is 3. The number of piperazine rings is 1. The van der Waals surface area contributed by atoms with Gasteiger partial charge in [-0.15, -0.1) is 5.06 Å². The third-order valence-corrected chi connectivity index (χ3v) is 7.09. The fraction of sp³-hybridized carbons (Fsp3) is 0.310. The van der Waals surface area contributed by atoms with Crippen LogP contribution in [-0.2, 0) is 16.1 Å². The highest BCUT2D eigenvalue weighted by Gasteiger charge is 2.32. The van der Waals surface area contributed by atoms with Gasteiger partial charge in [0.05, 0.1) is 6.42 Å². The fourth-order valence-corrected chi connectivity index (χ4v) is 4.94. The predicted molar refractivity (Wildman–Crippen MR) is 160 cm³/mol. The van der Waals surface area contributed by atoms with Crippen LogP contribution in [0.25, 0.3) is 0 Å². The molecular formula is C29H32FN7O4S. The lowest BCUT2D eigenvalue weighted by atomic mass is 10.1. The molecule has 220 valence electrons. The Morgan fingerprint density at radius 3 is 2.38 bits per heavy atom. The molecule has 0 bridgehead atoms. The Morgan fingerprint density at radius 2 is 1.69 bits per heavy atom. The van der Waals surface area contributed by atoms with Crippen LogP contribution < -0.4 is 20.7 Å². The Labute approximate surface area is 248 Å². The molecule has 0 radical (unpaired) electrons. The first kappa shape index (κ1) is 29.3. The minimum absolute atomic E-state index is 0.0743. The molecule has 0 spiro atoms. The minimum atomic E-state index is -0.604. The van der Waals surface area contributed by atoms with Crippen molar-refractivity contribution >= 4 is 40.8 Å². The molecule has 3 heterocycles. The summed E-state index contributed by atoms with van der Waals surface area (Å²) in [7, 11) is 2.12. The van der Waals surface area contributed by atoms with E-state index in [4.69, 9.17) is 21.8 Å². The molecule has 0 unspecified atom stereocenters. The number of halogens is 1. The van der Waals surface area contributed by atoms with Crippen LogP contribution in [0.15, 0.2) is 66.9 Å². The van der Waals surface area contributed by atoms with Crippen LogP contribution in [0.1, 0.15) is 5.56 Å². The summed E-state index contributed by atoms with van der Waals surface area (Å²) in [5, 5.41) is 10.0. The first-order valence-corrected chi connectivity index (χ1v) is 14.0. The van der Waals surface area contributed by atoms with E-state index < -0.39 is 6.09 Å². The largest absolute Gasteiger partial charge is 0.457 e. The van der Waals surface area contributed by atoms with Gasteiger partial charge >= 0.3 is 6.09 Å². The Kier molecular flexibility index (Phi) is 9.54.